The molecule has 0 radical (unpaired) electrons. The SMILES string of the molecule is CC(C)(C)[Si](C)(C)Oc1cc(F)ccc1F. The summed E-state index contributed by atoms with van der Waals surface area (Å²) in [4.78, 5) is 0. The van der Waals surface area contributed by atoms with Crippen LogP contribution in [0.25, 0.3) is 0 Å². The fourth-order valence-electron chi connectivity index (χ4n) is 0.983. The molecule has 0 amide bonds. The van der Waals surface area contributed by atoms with E-state index in [4.69, 9.17) is 4.43 Å². The Balaban J connectivity index is 3.01. The van der Waals surface area contributed by atoms with E-state index < -0.39 is 20.0 Å². The van der Waals surface area contributed by atoms with Crippen molar-refractivity contribution in [2.75, 3.05) is 0 Å². The first-order chi connectivity index (χ1) is 7.13. The molecule has 1 nitrogen and oxygen atoms in total. The van der Waals surface area contributed by atoms with Crippen molar-refractivity contribution in [3.05, 3.63) is 29.8 Å². The third-order valence-electron chi connectivity index (χ3n) is 3.06. The highest BCUT2D eigenvalue weighted by Crippen LogP contribution is 2.37. The highest BCUT2D eigenvalue weighted by molar-refractivity contribution is 6.74. The second-order valence-electron chi connectivity index (χ2n) is 5.44. The lowest BCUT2D eigenvalue weighted by Crippen LogP contribution is -2.44. The van der Waals surface area contributed by atoms with Crippen molar-refractivity contribution in [1.29, 1.82) is 0 Å². The van der Waals surface area contributed by atoms with Gasteiger partial charge < -0.3 is 4.43 Å². The van der Waals surface area contributed by atoms with Crippen LogP contribution in [-0.4, -0.2) is 8.32 Å². The Bertz CT molecular complexity index is 383. The van der Waals surface area contributed by atoms with Gasteiger partial charge in [0.25, 0.3) is 8.32 Å². The molecule has 1 aromatic rings. The Labute approximate surface area is 96.6 Å². The second kappa shape index (κ2) is 4.16. The molecule has 90 valence electrons. The molecular formula is C12H18F2OSi. The molecule has 4 heteroatoms. The molecule has 0 saturated carbocycles. The van der Waals surface area contributed by atoms with Gasteiger partial charge in [0.1, 0.15) is 11.6 Å². The monoisotopic (exact) mass is 244 g/mol. The minimum atomic E-state index is -2.11. The zero-order chi connectivity index (χ0) is 12.6. The van der Waals surface area contributed by atoms with E-state index in [2.05, 4.69) is 20.8 Å². The molecule has 0 aromatic heterocycles. The van der Waals surface area contributed by atoms with Gasteiger partial charge in [-0.3, -0.25) is 0 Å². The molecule has 0 aliphatic carbocycles. The molecular weight excluding hydrogens is 226 g/mol. The molecule has 0 unspecified atom stereocenters. The highest BCUT2D eigenvalue weighted by atomic mass is 28.4. The van der Waals surface area contributed by atoms with Crippen LogP contribution in [0, 0.1) is 11.6 Å². The summed E-state index contributed by atoms with van der Waals surface area (Å²) in [5.74, 6) is -0.965. The average molecular weight is 244 g/mol. The van der Waals surface area contributed by atoms with Gasteiger partial charge >= 0.3 is 0 Å². The molecule has 0 spiro atoms. The van der Waals surface area contributed by atoms with Gasteiger partial charge in [-0.05, 0) is 30.3 Å². The van der Waals surface area contributed by atoms with Crippen LogP contribution >= 0.6 is 0 Å². The maximum atomic E-state index is 13.4. The topological polar surface area (TPSA) is 9.23 Å². The summed E-state index contributed by atoms with van der Waals surface area (Å²) in [6, 6.07) is 3.29. The van der Waals surface area contributed by atoms with Gasteiger partial charge in [0, 0.05) is 6.07 Å². The standard InChI is InChI=1S/C12H18F2OSi/c1-12(2,3)16(4,5)15-11-8-9(13)6-7-10(11)14/h6-8H,1-5H3. The van der Waals surface area contributed by atoms with Crippen molar-refractivity contribution in [3.63, 3.8) is 0 Å². The van der Waals surface area contributed by atoms with E-state index in [1.165, 1.54) is 0 Å². The fraction of sp³-hybridized carbons (Fsp3) is 0.500. The molecule has 0 atom stereocenters. The third kappa shape index (κ3) is 2.81. The third-order valence-corrected chi connectivity index (χ3v) is 7.41. The van der Waals surface area contributed by atoms with Gasteiger partial charge in [0.05, 0.1) is 0 Å². The molecule has 0 heterocycles. The van der Waals surface area contributed by atoms with Gasteiger partial charge in [0.2, 0.25) is 0 Å². The zero-order valence-electron chi connectivity index (χ0n) is 10.4. The summed E-state index contributed by atoms with van der Waals surface area (Å²) in [5, 5.41) is -0.0360. The molecule has 1 rings (SSSR count). The molecule has 16 heavy (non-hydrogen) atoms. The molecule has 0 saturated heterocycles. The maximum Gasteiger partial charge on any atom is 0.250 e. The summed E-state index contributed by atoms with van der Waals surface area (Å²) in [6.45, 7) is 10.2. The van der Waals surface area contributed by atoms with Gasteiger partial charge in [-0.25, -0.2) is 8.78 Å². The van der Waals surface area contributed by atoms with E-state index in [0.717, 1.165) is 18.2 Å². The predicted molar refractivity (Wildman–Crippen MR) is 64.2 cm³/mol. The lowest BCUT2D eigenvalue weighted by molar-refractivity contribution is 0.451. The molecule has 0 aliphatic heterocycles. The summed E-state index contributed by atoms with van der Waals surface area (Å²) in [7, 11) is -2.11. The Kier molecular flexibility index (Phi) is 3.43. The molecule has 1 aromatic carbocycles. The zero-order valence-corrected chi connectivity index (χ0v) is 11.4. The fourth-order valence-corrected chi connectivity index (χ4v) is 2.00. The summed E-state index contributed by atoms with van der Waals surface area (Å²) in [5.41, 5.74) is 0. The van der Waals surface area contributed by atoms with Crippen molar-refractivity contribution < 1.29 is 13.2 Å². The Morgan fingerprint density at radius 2 is 1.69 bits per heavy atom. The van der Waals surface area contributed by atoms with Gasteiger partial charge in [-0.2, -0.15) is 0 Å². The second-order valence-corrected chi connectivity index (χ2v) is 10.2. The lowest BCUT2D eigenvalue weighted by atomic mass is 10.2. The lowest BCUT2D eigenvalue weighted by Gasteiger charge is -2.36. The van der Waals surface area contributed by atoms with Crippen molar-refractivity contribution in [3.8, 4) is 5.75 Å². The summed E-state index contributed by atoms with van der Waals surface area (Å²) in [6.07, 6.45) is 0. The highest BCUT2D eigenvalue weighted by Gasteiger charge is 2.39. The van der Waals surface area contributed by atoms with Crippen molar-refractivity contribution in [1.82, 2.24) is 0 Å². The Morgan fingerprint density at radius 1 is 1.12 bits per heavy atom. The van der Waals surface area contributed by atoms with E-state index >= 15 is 0 Å². The Morgan fingerprint density at radius 3 is 2.19 bits per heavy atom. The van der Waals surface area contributed by atoms with Crippen LogP contribution in [0.4, 0.5) is 8.78 Å². The maximum absolute atomic E-state index is 13.4. The van der Waals surface area contributed by atoms with Crippen LogP contribution in [-0.2, 0) is 0 Å². The number of hydrogen-bond donors (Lipinski definition) is 0. The smallest absolute Gasteiger partial charge is 0.250 e. The average Bonchev–Trinajstić information content (AvgIpc) is 2.09. The van der Waals surface area contributed by atoms with Crippen molar-refractivity contribution in [2.45, 2.75) is 38.9 Å². The first-order valence-corrected chi connectivity index (χ1v) is 8.18. The van der Waals surface area contributed by atoms with E-state index in [9.17, 15) is 8.78 Å². The van der Waals surface area contributed by atoms with Crippen LogP contribution in [0.1, 0.15) is 20.8 Å². The summed E-state index contributed by atoms with van der Waals surface area (Å²) >= 11 is 0. The van der Waals surface area contributed by atoms with Crippen LogP contribution in [0.15, 0.2) is 18.2 Å². The van der Waals surface area contributed by atoms with Gasteiger partial charge in [-0.15, -0.1) is 0 Å². The molecule has 0 aliphatic rings. The number of rotatable bonds is 2. The van der Waals surface area contributed by atoms with Crippen LogP contribution < -0.4 is 4.43 Å². The van der Waals surface area contributed by atoms with Crippen molar-refractivity contribution in [2.24, 2.45) is 0 Å². The van der Waals surface area contributed by atoms with Crippen LogP contribution in [0.5, 0.6) is 5.75 Å². The van der Waals surface area contributed by atoms with Gasteiger partial charge in [0.15, 0.2) is 5.82 Å². The number of hydrogen-bond acceptors (Lipinski definition) is 1. The van der Waals surface area contributed by atoms with Crippen LogP contribution in [0.2, 0.25) is 18.1 Å². The summed E-state index contributed by atoms with van der Waals surface area (Å²) < 4.78 is 32.1. The van der Waals surface area contributed by atoms with E-state index in [1.807, 2.05) is 13.1 Å². The first-order valence-electron chi connectivity index (χ1n) is 5.27. The number of benzene rings is 1. The van der Waals surface area contributed by atoms with Crippen molar-refractivity contribution >= 4 is 8.32 Å². The predicted octanol–water partition coefficient (Wildman–Crippen LogP) is 4.35. The largest absolute Gasteiger partial charge is 0.541 e. The quantitative estimate of drug-likeness (QED) is 0.703. The normalized spacial score (nSPS) is 12.7. The minimum Gasteiger partial charge on any atom is -0.541 e. The molecule has 0 N–H and O–H groups in total. The number of halogens is 2. The minimum absolute atomic E-state index is 0.0200. The molecule has 0 bridgehead atoms. The molecule has 0 fully saturated rings. The first kappa shape index (κ1) is 13.2. The van der Waals surface area contributed by atoms with E-state index in [0.29, 0.717) is 0 Å². The van der Waals surface area contributed by atoms with E-state index in [1.54, 1.807) is 0 Å². The Hall–Kier alpha value is -0.903. The van der Waals surface area contributed by atoms with Crippen LogP contribution in [0.3, 0.4) is 0 Å². The van der Waals surface area contributed by atoms with E-state index in [-0.39, 0.29) is 10.8 Å². The van der Waals surface area contributed by atoms with Gasteiger partial charge in [-0.1, -0.05) is 20.8 Å².